The van der Waals surface area contributed by atoms with E-state index in [0.29, 0.717) is 6.10 Å². The molecule has 0 amide bonds. The molecular formula is C18H38N2O2. The van der Waals surface area contributed by atoms with E-state index in [1.54, 1.807) is 0 Å². The van der Waals surface area contributed by atoms with E-state index in [2.05, 4.69) is 30.6 Å². The van der Waals surface area contributed by atoms with E-state index in [9.17, 15) is 0 Å². The van der Waals surface area contributed by atoms with Gasteiger partial charge in [-0.25, -0.2) is 0 Å². The monoisotopic (exact) mass is 314 g/mol. The summed E-state index contributed by atoms with van der Waals surface area (Å²) < 4.78 is 11.3. The van der Waals surface area contributed by atoms with Crippen molar-refractivity contribution in [2.24, 2.45) is 0 Å². The van der Waals surface area contributed by atoms with Crippen molar-refractivity contribution in [3.8, 4) is 0 Å². The average molecular weight is 315 g/mol. The molecule has 0 aromatic rings. The van der Waals surface area contributed by atoms with Crippen LogP contribution in [0.2, 0.25) is 0 Å². The zero-order valence-electron chi connectivity index (χ0n) is 15.2. The fourth-order valence-electron chi connectivity index (χ4n) is 2.72. The topological polar surface area (TPSA) is 24.9 Å². The van der Waals surface area contributed by atoms with Crippen molar-refractivity contribution < 1.29 is 9.47 Å². The zero-order chi connectivity index (χ0) is 16.0. The number of hydrogen-bond acceptors (Lipinski definition) is 4. The summed E-state index contributed by atoms with van der Waals surface area (Å²) in [4.78, 5) is 5.14. The molecule has 0 aromatic carbocycles. The van der Waals surface area contributed by atoms with Gasteiger partial charge < -0.3 is 14.4 Å². The van der Waals surface area contributed by atoms with Gasteiger partial charge in [0.1, 0.15) is 0 Å². The molecule has 1 aliphatic heterocycles. The standard InChI is InChI=1S/C18H38N2O2/c1-4-5-9-19-10-12-20(13-11-19)14-17-21-15-7-6-8-16-22-18(2)3/h18H,4-17H2,1-3H3. The highest BCUT2D eigenvalue weighted by molar-refractivity contribution is 4.71. The molecule has 22 heavy (non-hydrogen) atoms. The van der Waals surface area contributed by atoms with Gasteiger partial charge in [0.05, 0.1) is 12.7 Å². The van der Waals surface area contributed by atoms with Crippen molar-refractivity contribution in [2.75, 3.05) is 59.1 Å². The first-order valence-electron chi connectivity index (χ1n) is 9.36. The second kappa shape index (κ2) is 13.3. The van der Waals surface area contributed by atoms with Crippen LogP contribution in [0.25, 0.3) is 0 Å². The molecule has 0 aromatic heterocycles. The third kappa shape index (κ3) is 10.5. The van der Waals surface area contributed by atoms with Crippen molar-refractivity contribution in [1.29, 1.82) is 0 Å². The van der Waals surface area contributed by atoms with Gasteiger partial charge in [0, 0.05) is 45.9 Å². The number of hydrogen-bond donors (Lipinski definition) is 0. The minimum Gasteiger partial charge on any atom is -0.380 e. The summed E-state index contributed by atoms with van der Waals surface area (Å²) in [6.07, 6.45) is 6.53. The normalized spacial score (nSPS) is 17.5. The summed E-state index contributed by atoms with van der Waals surface area (Å²) in [6, 6.07) is 0. The summed E-state index contributed by atoms with van der Waals surface area (Å²) in [7, 11) is 0. The highest BCUT2D eigenvalue weighted by Gasteiger charge is 2.15. The Morgan fingerprint density at radius 2 is 1.41 bits per heavy atom. The Bertz CT molecular complexity index is 241. The van der Waals surface area contributed by atoms with Crippen LogP contribution >= 0.6 is 0 Å². The Kier molecular flexibility index (Phi) is 12.0. The largest absolute Gasteiger partial charge is 0.380 e. The number of piperazine rings is 1. The minimum atomic E-state index is 0.360. The van der Waals surface area contributed by atoms with Crippen LogP contribution in [0.3, 0.4) is 0 Å². The second-order valence-electron chi connectivity index (χ2n) is 6.63. The molecule has 0 atom stereocenters. The predicted molar refractivity (Wildman–Crippen MR) is 93.5 cm³/mol. The van der Waals surface area contributed by atoms with Crippen molar-refractivity contribution in [2.45, 2.75) is 59.0 Å². The predicted octanol–water partition coefficient (Wildman–Crippen LogP) is 3.02. The molecule has 0 radical (unpaired) electrons. The molecule has 0 bridgehead atoms. The van der Waals surface area contributed by atoms with Crippen LogP contribution in [-0.4, -0.2) is 75.0 Å². The highest BCUT2D eigenvalue weighted by Crippen LogP contribution is 2.04. The van der Waals surface area contributed by atoms with E-state index in [1.807, 2.05) is 0 Å². The van der Waals surface area contributed by atoms with E-state index < -0.39 is 0 Å². The Labute approximate surface area is 138 Å². The van der Waals surface area contributed by atoms with Crippen molar-refractivity contribution in [3.63, 3.8) is 0 Å². The smallest absolute Gasteiger partial charge is 0.0593 e. The molecule has 1 saturated heterocycles. The maximum Gasteiger partial charge on any atom is 0.0593 e. The van der Waals surface area contributed by atoms with Crippen LogP contribution in [0.4, 0.5) is 0 Å². The van der Waals surface area contributed by atoms with Gasteiger partial charge in [0.15, 0.2) is 0 Å². The lowest BCUT2D eigenvalue weighted by Crippen LogP contribution is -2.47. The van der Waals surface area contributed by atoms with Gasteiger partial charge in [-0.1, -0.05) is 13.3 Å². The highest BCUT2D eigenvalue weighted by atomic mass is 16.5. The van der Waals surface area contributed by atoms with Gasteiger partial charge in [-0.2, -0.15) is 0 Å². The molecule has 0 unspecified atom stereocenters. The molecular weight excluding hydrogens is 276 g/mol. The lowest BCUT2D eigenvalue weighted by Gasteiger charge is -2.34. The number of rotatable bonds is 13. The fraction of sp³-hybridized carbons (Fsp3) is 1.00. The summed E-state index contributed by atoms with van der Waals surface area (Å²) in [5.41, 5.74) is 0. The van der Waals surface area contributed by atoms with Gasteiger partial charge in [-0.15, -0.1) is 0 Å². The maximum atomic E-state index is 5.76. The Morgan fingerprint density at radius 3 is 2.05 bits per heavy atom. The lowest BCUT2D eigenvalue weighted by atomic mass is 10.2. The van der Waals surface area contributed by atoms with Crippen LogP contribution in [0.1, 0.15) is 52.9 Å². The van der Waals surface area contributed by atoms with E-state index >= 15 is 0 Å². The molecule has 132 valence electrons. The minimum absolute atomic E-state index is 0.360. The van der Waals surface area contributed by atoms with Gasteiger partial charge in [-0.05, 0) is 46.1 Å². The zero-order valence-corrected chi connectivity index (χ0v) is 15.2. The van der Waals surface area contributed by atoms with Crippen molar-refractivity contribution >= 4 is 0 Å². The third-order valence-corrected chi connectivity index (χ3v) is 4.23. The SMILES string of the molecule is CCCCN1CCN(CCOCCCCCOC(C)C)CC1. The first-order chi connectivity index (χ1) is 10.7. The summed E-state index contributed by atoms with van der Waals surface area (Å²) in [6.45, 7) is 16.4. The quantitative estimate of drug-likeness (QED) is 0.488. The van der Waals surface area contributed by atoms with Crippen LogP contribution in [0.5, 0.6) is 0 Å². The molecule has 1 rings (SSSR count). The van der Waals surface area contributed by atoms with Crippen LogP contribution in [0.15, 0.2) is 0 Å². The average Bonchev–Trinajstić information content (AvgIpc) is 2.52. The van der Waals surface area contributed by atoms with Gasteiger partial charge in [0.2, 0.25) is 0 Å². The molecule has 4 heteroatoms. The van der Waals surface area contributed by atoms with Crippen molar-refractivity contribution in [3.05, 3.63) is 0 Å². The molecule has 4 nitrogen and oxygen atoms in total. The van der Waals surface area contributed by atoms with E-state index in [1.165, 1.54) is 52.0 Å². The summed E-state index contributed by atoms with van der Waals surface area (Å²) >= 11 is 0. The van der Waals surface area contributed by atoms with Gasteiger partial charge >= 0.3 is 0 Å². The molecule has 1 aliphatic rings. The number of unbranched alkanes of at least 4 members (excludes halogenated alkanes) is 3. The van der Waals surface area contributed by atoms with Gasteiger partial charge in [0.25, 0.3) is 0 Å². The fourth-order valence-corrected chi connectivity index (χ4v) is 2.72. The van der Waals surface area contributed by atoms with Crippen molar-refractivity contribution in [1.82, 2.24) is 9.80 Å². The molecule has 1 heterocycles. The molecule has 0 saturated carbocycles. The first kappa shape index (κ1) is 19.9. The van der Waals surface area contributed by atoms with Crippen LogP contribution in [0, 0.1) is 0 Å². The molecule has 0 aliphatic carbocycles. The summed E-state index contributed by atoms with van der Waals surface area (Å²) in [5.74, 6) is 0. The lowest BCUT2D eigenvalue weighted by molar-refractivity contribution is 0.0652. The Morgan fingerprint density at radius 1 is 0.773 bits per heavy atom. The van der Waals surface area contributed by atoms with E-state index in [4.69, 9.17) is 9.47 Å². The van der Waals surface area contributed by atoms with E-state index in [0.717, 1.165) is 39.2 Å². The van der Waals surface area contributed by atoms with Gasteiger partial charge in [-0.3, -0.25) is 4.90 Å². The van der Waals surface area contributed by atoms with Crippen LogP contribution < -0.4 is 0 Å². The molecule has 1 fully saturated rings. The Balaban J connectivity index is 1.83. The first-order valence-corrected chi connectivity index (χ1v) is 9.36. The Hall–Kier alpha value is -0.160. The third-order valence-electron chi connectivity index (χ3n) is 4.23. The maximum absolute atomic E-state index is 5.76. The number of nitrogens with zero attached hydrogens (tertiary/aromatic N) is 2. The number of ether oxygens (including phenoxy) is 2. The second-order valence-corrected chi connectivity index (χ2v) is 6.63. The summed E-state index contributed by atoms with van der Waals surface area (Å²) in [5, 5.41) is 0. The molecule has 0 N–H and O–H groups in total. The molecule has 0 spiro atoms. The van der Waals surface area contributed by atoms with E-state index in [-0.39, 0.29) is 0 Å². The van der Waals surface area contributed by atoms with Crippen LogP contribution in [-0.2, 0) is 9.47 Å².